The topological polar surface area (TPSA) is 76.3 Å². The van der Waals surface area contributed by atoms with Crippen LogP contribution in [0, 0.1) is 0 Å². The number of hydrogen-bond donors (Lipinski definition) is 1. The van der Waals surface area contributed by atoms with Gasteiger partial charge in [0.1, 0.15) is 5.56 Å². The number of carbonyl (C=O) groups excluding carboxylic acids is 1. The van der Waals surface area contributed by atoms with Crippen LogP contribution in [0.15, 0.2) is 52.6 Å². The van der Waals surface area contributed by atoms with Crippen LogP contribution < -0.4 is 11.0 Å². The summed E-state index contributed by atoms with van der Waals surface area (Å²) in [5.74, 6) is -0.537. The number of pyridine rings is 2. The Morgan fingerprint density at radius 3 is 2.95 bits per heavy atom. The highest BCUT2D eigenvalue weighted by atomic mass is 16.2. The average Bonchev–Trinajstić information content (AvgIpc) is 2.48. The van der Waals surface area contributed by atoms with E-state index in [2.05, 4.69) is 15.5 Å². The van der Waals surface area contributed by atoms with Crippen molar-refractivity contribution in [3.63, 3.8) is 0 Å². The molecule has 0 aliphatic rings. The Bertz CT molecular complexity index is 677. The molecule has 0 bridgehead atoms. The molecular formula is C14H14N4O2. The van der Waals surface area contributed by atoms with Crippen LogP contribution in [0.25, 0.3) is 0 Å². The normalized spacial score (nSPS) is 10.7. The first-order chi connectivity index (χ1) is 9.72. The molecule has 0 fully saturated rings. The monoisotopic (exact) mass is 270 g/mol. The van der Waals surface area contributed by atoms with Crippen molar-refractivity contribution < 1.29 is 4.79 Å². The summed E-state index contributed by atoms with van der Waals surface area (Å²) in [5.41, 5.74) is 2.66. The van der Waals surface area contributed by atoms with Crippen molar-refractivity contribution in [2.45, 2.75) is 13.5 Å². The summed E-state index contributed by atoms with van der Waals surface area (Å²) in [6.07, 6.45) is 4.68. The number of hydrazone groups is 1. The summed E-state index contributed by atoms with van der Waals surface area (Å²) >= 11 is 0. The highest BCUT2D eigenvalue weighted by molar-refractivity contribution is 5.94. The molecule has 102 valence electrons. The second kappa shape index (κ2) is 6.42. The Labute approximate surface area is 115 Å². The third-order valence-corrected chi connectivity index (χ3v) is 2.66. The van der Waals surface area contributed by atoms with E-state index in [1.807, 2.05) is 13.0 Å². The Kier molecular flexibility index (Phi) is 4.39. The van der Waals surface area contributed by atoms with Crippen LogP contribution in [-0.4, -0.2) is 21.7 Å². The minimum absolute atomic E-state index is 0.0625. The molecule has 0 atom stereocenters. The van der Waals surface area contributed by atoms with Gasteiger partial charge >= 0.3 is 0 Å². The predicted molar refractivity (Wildman–Crippen MR) is 75.7 cm³/mol. The van der Waals surface area contributed by atoms with Gasteiger partial charge in [0, 0.05) is 18.9 Å². The largest absolute Gasteiger partial charge is 0.315 e. The van der Waals surface area contributed by atoms with Gasteiger partial charge in [-0.3, -0.25) is 14.6 Å². The standard InChI is InChI=1S/C14H14N4O2/c1-2-18-9-5-7-12(14(18)20)13(19)17-16-10-11-6-3-4-8-15-11/h3-10H,2H2,1H3,(H,17,19)/b16-10-. The first-order valence-corrected chi connectivity index (χ1v) is 6.16. The third kappa shape index (κ3) is 3.17. The summed E-state index contributed by atoms with van der Waals surface area (Å²) < 4.78 is 1.46. The molecule has 6 heteroatoms. The molecule has 2 aromatic rings. The van der Waals surface area contributed by atoms with Gasteiger partial charge in [-0.05, 0) is 31.2 Å². The zero-order valence-corrected chi connectivity index (χ0v) is 11.0. The molecule has 0 saturated carbocycles. The number of carbonyl (C=O) groups is 1. The molecule has 0 spiro atoms. The first-order valence-electron chi connectivity index (χ1n) is 6.16. The first kappa shape index (κ1) is 13.7. The van der Waals surface area contributed by atoms with Gasteiger partial charge in [-0.1, -0.05) is 6.07 Å². The van der Waals surface area contributed by atoms with Gasteiger partial charge in [0.2, 0.25) is 0 Å². The minimum Gasteiger partial charge on any atom is -0.315 e. The zero-order valence-electron chi connectivity index (χ0n) is 11.0. The van der Waals surface area contributed by atoms with Crippen LogP contribution >= 0.6 is 0 Å². The van der Waals surface area contributed by atoms with Crippen molar-refractivity contribution >= 4 is 12.1 Å². The quantitative estimate of drug-likeness (QED) is 0.666. The van der Waals surface area contributed by atoms with Gasteiger partial charge in [-0.2, -0.15) is 5.10 Å². The number of aryl methyl sites for hydroxylation is 1. The molecule has 0 aliphatic carbocycles. The van der Waals surface area contributed by atoms with E-state index in [4.69, 9.17) is 0 Å². The molecule has 0 radical (unpaired) electrons. The second-order valence-electron chi connectivity index (χ2n) is 3.97. The number of aromatic nitrogens is 2. The molecule has 0 saturated heterocycles. The van der Waals surface area contributed by atoms with Crippen molar-refractivity contribution in [1.82, 2.24) is 15.0 Å². The predicted octanol–water partition coefficient (Wildman–Crippen LogP) is 1.03. The Morgan fingerprint density at radius 2 is 2.25 bits per heavy atom. The minimum atomic E-state index is -0.537. The fraction of sp³-hybridized carbons (Fsp3) is 0.143. The van der Waals surface area contributed by atoms with Crippen LogP contribution in [0.5, 0.6) is 0 Å². The van der Waals surface area contributed by atoms with E-state index in [9.17, 15) is 9.59 Å². The average molecular weight is 270 g/mol. The number of rotatable bonds is 4. The highest BCUT2D eigenvalue weighted by Gasteiger charge is 2.10. The molecule has 0 unspecified atom stereocenters. The lowest BCUT2D eigenvalue weighted by molar-refractivity contribution is 0.0953. The lowest BCUT2D eigenvalue weighted by Gasteiger charge is -2.03. The van der Waals surface area contributed by atoms with Gasteiger partial charge in [0.05, 0.1) is 11.9 Å². The van der Waals surface area contributed by atoms with E-state index in [-0.39, 0.29) is 11.1 Å². The molecule has 0 aromatic carbocycles. The Morgan fingerprint density at radius 1 is 1.40 bits per heavy atom. The molecule has 2 aromatic heterocycles. The molecule has 0 aliphatic heterocycles. The summed E-state index contributed by atoms with van der Waals surface area (Å²) in [6, 6.07) is 8.48. The maximum atomic E-state index is 11.9. The van der Waals surface area contributed by atoms with Crippen molar-refractivity contribution in [2.75, 3.05) is 0 Å². The maximum absolute atomic E-state index is 11.9. The Hall–Kier alpha value is -2.76. The highest BCUT2D eigenvalue weighted by Crippen LogP contribution is 1.93. The maximum Gasteiger partial charge on any atom is 0.276 e. The van der Waals surface area contributed by atoms with Crippen LogP contribution in [0.1, 0.15) is 23.0 Å². The van der Waals surface area contributed by atoms with Crippen LogP contribution in [-0.2, 0) is 6.54 Å². The van der Waals surface area contributed by atoms with Gasteiger partial charge < -0.3 is 4.57 Å². The molecular weight excluding hydrogens is 256 g/mol. The molecule has 1 N–H and O–H groups in total. The second-order valence-corrected chi connectivity index (χ2v) is 3.97. The van der Waals surface area contributed by atoms with E-state index in [0.717, 1.165) is 0 Å². The van der Waals surface area contributed by atoms with E-state index >= 15 is 0 Å². The number of hydrogen-bond acceptors (Lipinski definition) is 4. The van der Waals surface area contributed by atoms with E-state index < -0.39 is 5.91 Å². The number of nitrogens with one attached hydrogen (secondary N) is 1. The van der Waals surface area contributed by atoms with Crippen LogP contribution in [0.2, 0.25) is 0 Å². The summed E-state index contributed by atoms with van der Waals surface area (Å²) in [6.45, 7) is 2.35. The van der Waals surface area contributed by atoms with Crippen molar-refractivity contribution in [3.05, 3.63) is 64.3 Å². The van der Waals surface area contributed by atoms with Crippen molar-refractivity contribution in [2.24, 2.45) is 5.10 Å². The molecule has 20 heavy (non-hydrogen) atoms. The van der Waals surface area contributed by atoms with Gasteiger partial charge in [-0.25, -0.2) is 5.43 Å². The zero-order chi connectivity index (χ0) is 14.4. The molecule has 1 amide bonds. The van der Waals surface area contributed by atoms with Gasteiger partial charge in [0.15, 0.2) is 0 Å². The number of amides is 1. The van der Waals surface area contributed by atoms with E-state index in [1.165, 1.54) is 16.8 Å². The van der Waals surface area contributed by atoms with E-state index in [1.54, 1.807) is 30.6 Å². The lowest BCUT2D eigenvalue weighted by atomic mass is 10.2. The van der Waals surface area contributed by atoms with Gasteiger partial charge in [-0.15, -0.1) is 0 Å². The van der Waals surface area contributed by atoms with Crippen LogP contribution in [0.4, 0.5) is 0 Å². The summed E-state index contributed by atoms with van der Waals surface area (Å²) in [7, 11) is 0. The van der Waals surface area contributed by atoms with Crippen molar-refractivity contribution in [3.8, 4) is 0 Å². The lowest BCUT2D eigenvalue weighted by Crippen LogP contribution is -2.30. The molecule has 6 nitrogen and oxygen atoms in total. The summed E-state index contributed by atoms with van der Waals surface area (Å²) in [4.78, 5) is 27.8. The molecule has 2 heterocycles. The number of nitrogens with zero attached hydrogens (tertiary/aromatic N) is 3. The van der Waals surface area contributed by atoms with Gasteiger partial charge in [0.25, 0.3) is 11.5 Å². The SMILES string of the molecule is CCn1cccc(C(=O)N/N=C\c2ccccn2)c1=O. The molecule has 2 rings (SSSR count). The van der Waals surface area contributed by atoms with Crippen molar-refractivity contribution in [1.29, 1.82) is 0 Å². The summed E-state index contributed by atoms with van der Waals surface area (Å²) in [5, 5.41) is 3.78. The van der Waals surface area contributed by atoms with E-state index in [0.29, 0.717) is 12.2 Å². The fourth-order valence-corrected chi connectivity index (χ4v) is 1.63. The fourth-order valence-electron chi connectivity index (χ4n) is 1.63. The van der Waals surface area contributed by atoms with Crippen LogP contribution in [0.3, 0.4) is 0 Å². The smallest absolute Gasteiger partial charge is 0.276 e. The third-order valence-electron chi connectivity index (χ3n) is 2.66. The Balaban J connectivity index is 2.10.